The van der Waals surface area contributed by atoms with Gasteiger partial charge in [-0.2, -0.15) is 5.10 Å². The van der Waals surface area contributed by atoms with Gasteiger partial charge >= 0.3 is 0 Å². The molecule has 4 saturated heterocycles. The summed E-state index contributed by atoms with van der Waals surface area (Å²) in [5.74, 6) is -0.513. The Hall–Kier alpha value is -5.90. The molecule has 4 aromatic rings. The van der Waals surface area contributed by atoms with Crippen LogP contribution in [0.2, 0.25) is 0 Å². The van der Waals surface area contributed by atoms with Crippen LogP contribution in [-0.4, -0.2) is 136 Å². The topological polar surface area (TPSA) is 164 Å². The lowest BCUT2D eigenvalue weighted by Crippen LogP contribution is -2.55. The lowest BCUT2D eigenvalue weighted by molar-refractivity contribution is -0.139. The Kier molecular flexibility index (Phi) is 9.80. The van der Waals surface area contributed by atoms with Crippen LogP contribution in [0.25, 0.3) is 22.2 Å². The van der Waals surface area contributed by atoms with Crippen molar-refractivity contribution in [3.63, 3.8) is 0 Å². The van der Waals surface area contributed by atoms with E-state index in [1.807, 2.05) is 29.3 Å². The van der Waals surface area contributed by atoms with Crippen LogP contribution in [0.5, 0.6) is 5.75 Å². The van der Waals surface area contributed by atoms with Crippen molar-refractivity contribution in [2.24, 2.45) is 5.92 Å². The minimum Gasteiger partial charge on any atom is -0.488 e. The van der Waals surface area contributed by atoms with Gasteiger partial charge < -0.3 is 19.4 Å². The quantitative estimate of drug-likeness (QED) is 0.231. The van der Waals surface area contributed by atoms with Gasteiger partial charge in [0, 0.05) is 107 Å². The first-order chi connectivity index (χ1) is 29.4. The molecule has 15 nitrogen and oxygen atoms in total. The number of carbonyl (C=O) groups is 5. The number of rotatable bonds is 9. The molecule has 16 heteroatoms. The van der Waals surface area contributed by atoms with Crippen LogP contribution in [0.1, 0.15) is 79.0 Å². The second-order valence-electron chi connectivity index (χ2n) is 17.9. The Bertz CT molecular complexity index is 2430. The standard InChI is InChI=1S/C45H50FN9O6/c1-44(11-12-44)61-31-3-5-35-34(26-31)39(50-49-35)29-8-15-47-37(24-29)53-22-20-51(21-23-53)27-45(46)13-18-54(19-14-45)41(58)28-9-16-52(17-10-28)30-2-4-32-33(25-30)43(60)55(42(32)59)36-6-7-38(56)48-40(36)57/h2-5,8,15,24-26,28,36H,6-7,9-14,16-23,27H2,1H3,(H,49,50)(H,48,56,57). The maximum atomic E-state index is 16.4. The Balaban J connectivity index is 0.692. The summed E-state index contributed by atoms with van der Waals surface area (Å²) in [6, 6.07) is 14.2. The highest BCUT2D eigenvalue weighted by Crippen LogP contribution is 2.41. The van der Waals surface area contributed by atoms with Gasteiger partial charge in [-0.15, -0.1) is 0 Å². The van der Waals surface area contributed by atoms with Crippen molar-refractivity contribution in [3.05, 3.63) is 65.9 Å². The third kappa shape index (κ3) is 7.59. The summed E-state index contributed by atoms with van der Waals surface area (Å²) in [7, 11) is 0. The van der Waals surface area contributed by atoms with Crippen LogP contribution in [0.4, 0.5) is 15.9 Å². The predicted octanol–water partition coefficient (Wildman–Crippen LogP) is 4.33. The normalized spacial score (nSPS) is 23.1. The molecule has 2 N–H and O–H groups in total. The SMILES string of the molecule is CC1(Oc2ccc3[nH]nc(-c4ccnc(N5CCN(CC6(F)CCN(C(=O)C7CCN(c8ccc9c(c8)C(=O)N(C8CCC(=O)NC8=O)C9=O)CC7)CC6)CC5)c4)c3c2)CC1. The van der Waals surface area contributed by atoms with E-state index in [0.717, 1.165) is 83.3 Å². The maximum absolute atomic E-state index is 16.4. The molecule has 2 aromatic carbocycles. The highest BCUT2D eigenvalue weighted by atomic mass is 19.1. The number of imide groups is 2. The first kappa shape index (κ1) is 39.2. The van der Waals surface area contributed by atoms with Gasteiger partial charge in [0.1, 0.15) is 34.6 Å². The number of piperazine rings is 1. The lowest BCUT2D eigenvalue weighted by Gasteiger charge is -2.43. The Morgan fingerprint density at radius 1 is 0.836 bits per heavy atom. The largest absolute Gasteiger partial charge is 0.488 e. The summed E-state index contributed by atoms with van der Waals surface area (Å²) in [5.41, 5.74) is 2.59. The summed E-state index contributed by atoms with van der Waals surface area (Å²) in [4.78, 5) is 78.3. The van der Waals surface area contributed by atoms with Gasteiger partial charge in [0.15, 0.2) is 0 Å². The Morgan fingerprint density at radius 3 is 2.33 bits per heavy atom. The number of aromatic nitrogens is 3. The van der Waals surface area contributed by atoms with E-state index >= 15 is 4.39 Å². The van der Waals surface area contributed by atoms with E-state index in [4.69, 9.17) is 4.74 Å². The number of anilines is 2. The van der Waals surface area contributed by atoms with Gasteiger partial charge in [-0.1, -0.05) is 0 Å². The van der Waals surface area contributed by atoms with E-state index in [1.165, 1.54) is 0 Å². The van der Waals surface area contributed by atoms with Crippen molar-refractivity contribution in [2.75, 3.05) is 68.7 Å². The molecule has 1 atom stereocenters. The number of likely N-dealkylation sites (tertiary alicyclic amines) is 1. The molecule has 1 aliphatic carbocycles. The zero-order valence-electron chi connectivity index (χ0n) is 34.3. The van der Waals surface area contributed by atoms with E-state index in [9.17, 15) is 24.0 Å². The molecular weight excluding hydrogens is 782 g/mol. The number of hydrogen-bond donors (Lipinski definition) is 2. The van der Waals surface area contributed by atoms with Gasteiger partial charge in [0.2, 0.25) is 17.7 Å². The van der Waals surface area contributed by atoms with Crippen LogP contribution in [0, 0.1) is 5.92 Å². The minimum absolute atomic E-state index is 0.0617. The predicted molar refractivity (Wildman–Crippen MR) is 224 cm³/mol. The molecule has 2 aromatic heterocycles. The zero-order chi connectivity index (χ0) is 42.0. The van der Waals surface area contributed by atoms with Crippen molar-refractivity contribution in [1.29, 1.82) is 0 Å². The van der Waals surface area contributed by atoms with E-state index in [2.05, 4.69) is 54.3 Å². The Morgan fingerprint density at radius 2 is 1.59 bits per heavy atom. The number of fused-ring (bicyclic) bond motifs is 2. The molecule has 0 radical (unpaired) electrons. The fourth-order valence-corrected chi connectivity index (χ4v) is 9.70. The second-order valence-corrected chi connectivity index (χ2v) is 17.9. The number of halogens is 1. The lowest BCUT2D eigenvalue weighted by atomic mass is 9.89. The van der Waals surface area contributed by atoms with Crippen LogP contribution < -0.4 is 19.9 Å². The number of pyridine rings is 1. The molecule has 5 amide bonds. The molecule has 10 rings (SSSR count). The fourth-order valence-electron chi connectivity index (χ4n) is 9.70. The number of nitrogens with one attached hydrogen (secondary N) is 2. The van der Waals surface area contributed by atoms with Crippen LogP contribution in [0.15, 0.2) is 54.7 Å². The number of carbonyl (C=O) groups excluding carboxylic acids is 5. The smallest absolute Gasteiger partial charge is 0.262 e. The number of amides is 5. The first-order valence-electron chi connectivity index (χ1n) is 21.6. The fraction of sp³-hybridized carbons (Fsp3) is 0.489. The summed E-state index contributed by atoms with van der Waals surface area (Å²) in [5, 5.41) is 11.0. The van der Waals surface area contributed by atoms with E-state index in [1.54, 1.807) is 18.2 Å². The number of ether oxygens (including phenoxy) is 1. The second kappa shape index (κ2) is 15.2. The molecule has 1 unspecified atom stereocenters. The first-order valence-corrected chi connectivity index (χ1v) is 21.6. The van der Waals surface area contributed by atoms with Crippen LogP contribution in [0.3, 0.4) is 0 Å². The number of piperidine rings is 3. The number of benzene rings is 2. The Labute approximate surface area is 352 Å². The highest BCUT2D eigenvalue weighted by molar-refractivity contribution is 6.23. The van der Waals surface area contributed by atoms with E-state index < -0.39 is 35.3 Å². The molecule has 318 valence electrons. The summed E-state index contributed by atoms with van der Waals surface area (Å²) >= 11 is 0. The van der Waals surface area contributed by atoms with Crippen LogP contribution in [-0.2, 0) is 14.4 Å². The average Bonchev–Trinajstić information content (AvgIpc) is 3.75. The van der Waals surface area contributed by atoms with Gasteiger partial charge in [-0.25, -0.2) is 9.37 Å². The maximum Gasteiger partial charge on any atom is 0.262 e. The van der Waals surface area contributed by atoms with Crippen molar-refractivity contribution in [1.82, 2.24) is 35.2 Å². The van der Waals surface area contributed by atoms with Crippen molar-refractivity contribution in [3.8, 4) is 17.0 Å². The highest BCUT2D eigenvalue weighted by Gasteiger charge is 2.45. The minimum atomic E-state index is -1.36. The van der Waals surface area contributed by atoms with Gasteiger partial charge in [0.25, 0.3) is 11.8 Å². The summed E-state index contributed by atoms with van der Waals surface area (Å²) in [6.07, 6.45) is 5.98. The molecule has 5 fully saturated rings. The number of nitrogens with zero attached hydrogens (tertiary/aromatic N) is 7. The molecular formula is C45H50FN9O6. The van der Waals surface area contributed by atoms with Gasteiger partial charge in [-0.05, 0) is 87.6 Å². The third-order valence-electron chi connectivity index (χ3n) is 13.7. The van der Waals surface area contributed by atoms with Crippen molar-refractivity contribution >= 4 is 51.9 Å². The summed E-state index contributed by atoms with van der Waals surface area (Å²) < 4.78 is 22.6. The third-order valence-corrected chi connectivity index (χ3v) is 13.7. The zero-order valence-corrected chi connectivity index (χ0v) is 34.3. The number of hydrogen-bond acceptors (Lipinski definition) is 11. The molecule has 61 heavy (non-hydrogen) atoms. The molecule has 6 aliphatic rings. The van der Waals surface area contributed by atoms with Crippen molar-refractivity contribution in [2.45, 2.75) is 75.6 Å². The van der Waals surface area contributed by atoms with Crippen LogP contribution >= 0.6 is 0 Å². The molecule has 5 aliphatic heterocycles. The summed E-state index contributed by atoms with van der Waals surface area (Å²) in [6.45, 7) is 7.35. The van der Waals surface area contributed by atoms with E-state index in [0.29, 0.717) is 58.4 Å². The monoisotopic (exact) mass is 831 g/mol. The number of H-pyrrole nitrogens is 1. The van der Waals surface area contributed by atoms with Crippen molar-refractivity contribution < 1.29 is 33.1 Å². The van der Waals surface area contributed by atoms with Gasteiger partial charge in [-0.3, -0.25) is 44.2 Å². The molecule has 7 heterocycles. The molecule has 0 spiro atoms. The number of aromatic amines is 1. The molecule has 0 bridgehead atoms. The van der Waals surface area contributed by atoms with Gasteiger partial charge in [0.05, 0.1) is 16.6 Å². The molecule has 1 saturated carbocycles. The van der Waals surface area contributed by atoms with E-state index in [-0.39, 0.29) is 41.4 Å². The number of alkyl halides is 1. The average molecular weight is 832 g/mol.